The van der Waals surface area contributed by atoms with Crippen molar-refractivity contribution in [2.75, 3.05) is 12.3 Å². The van der Waals surface area contributed by atoms with E-state index in [-0.39, 0.29) is 11.9 Å². The monoisotopic (exact) mass is 304 g/mol. The minimum atomic E-state index is -0.192. The molecule has 0 aliphatic carbocycles. The molecule has 0 aliphatic heterocycles. The Morgan fingerprint density at radius 3 is 2.57 bits per heavy atom. The lowest BCUT2D eigenvalue weighted by Gasteiger charge is -2.18. The lowest BCUT2D eigenvalue weighted by Crippen LogP contribution is -2.24. The Morgan fingerprint density at radius 2 is 1.95 bits per heavy atom. The predicted octanol–water partition coefficient (Wildman–Crippen LogP) is 4.36. The van der Waals surface area contributed by atoms with Crippen LogP contribution in [0.1, 0.15) is 30.6 Å². The minimum Gasteiger partial charge on any atom is -0.309 e. The van der Waals surface area contributed by atoms with Gasteiger partial charge in [-0.05, 0) is 55.8 Å². The number of hydrogen-bond donors (Lipinski definition) is 1. The quantitative estimate of drug-likeness (QED) is 0.769. The summed E-state index contributed by atoms with van der Waals surface area (Å²) in [5.74, 6) is 0.707. The molecule has 0 fully saturated rings. The fourth-order valence-electron chi connectivity index (χ4n) is 1.99. The molecule has 0 radical (unpaired) electrons. The van der Waals surface area contributed by atoms with Gasteiger partial charge < -0.3 is 5.32 Å². The lowest BCUT2D eigenvalue weighted by molar-refractivity contribution is 0.575. The number of rotatable bonds is 7. The zero-order valence-electron chi connectivity index (χ0n) is 12.5. The molecule has 112 valence electrons. The van der Waals surface area contributed by atoms with Crippen molar-refractivity contribution in [1.82, 2.24) is 10.3 Å². The summed E-state index contributed by atoms with van der Waals surface area (Å²) in [5, 5.41) is 3.55. The van der Waals surface area contributed by atoms with Crippen LogP contribution in [0.25, 0.3) is 0 Å². The molecule has 1 atom stereocenters. The maximum Gasteiger partial charge on any atom is 0.123 e. The van der Waals surface area contributed by atoms with Crippen LogP contribution in [0.5, 0.6) is 0 Å². The highest BCUT2D eigenvalue weighted by Gasteiger charge is 2.11. The first-order valence-corrected chi connectivity index (χ1v) is 8.22. The molecule has 1 aromatic carbocycles. The Kier molecular flexibility index (Phi) is 6.21. The Hall–Kier alpha value is -1.39. The molecule has 1 unspecified atom stereocenters. The number of aryl methyl sites for hydroxylation is 1. The topological polar surface area (TPSA) is 24.9 Å². The number of nitrogens with one attached hydrogen (secondary N) is 1. The molecule has 2 aromatic rings. The molecule has 1 aromatic heterocycles. The highest BCUT2D eigenvalue weighted by atomic mass is 32.2. The summed E-state index contributed by atoms with van der Waals surface area (Å²) < 4.78 is 12.9. The maximum absolute atomic E-state index is 12.9. The van der Waals surface area contributed by atoms with Crippen molar-refractivity contribution >= 4 is 11.8 Å². The van der Waals surface area contributed by atoms with Gasteiger partial charge >= 0.3 is 0 Å². The van der Waals surface area contributed by atoms with Crippen LogP contribution in [-0.2, 0) is 0 Å². The van der Waals surface area contributed by atoms with Gasteiger partial charge in [0.2, 0.25) is 0 Å². The third-order valence-corrected chi connectivity index (χ3v) is 4.31. The summed E-state index contributed by atoms with van der Waals surface area (Å²) in [7, 11) is 0. The average molecular weight is 304 g/mol. The van der Waals surface area contributed by atoms with Gasteiger partial charge in [-0.1, -0.05) is 13.0 Å². The standard InChI is InChI=1S/C17H21FN2S/c1-3-10-19-17(14-5-4-13(2)20-11-14)12-21-16-8-6-15(18)7-9-16/h4-9,11,17,19H,3,10,12H2,1-2H3. The number of nitrogens with zero attached hydrogens (tertiary/aromatic N) is 1. The third kappa shape index (κ3) is 5.14. The first-order chi connectivity index (χ1) is 10.2. The molecule has 2 rings (SSSR count). The van der Waals surface area contributed by atoms with E-state index in [9.17, 15) is 4.39 Å². The van der Waals surface area contributed by atoms with Crippen LogP contribution in [0.15, 0.2) is 47.5 Å². The molecule has 2 nitrogen and oxygen atoms in total. The van der Waals surface area contributed by atoms with Gasteiger partial charge in [-0.2, -0.15) is 0 Å². The van der Waals surface area contributed by atoms with Crippen molar-refractivity contribution in [3.63, 3.8) is 0 Å². The van der Waals surface area contributed by atoms with Gasteiger partial charge in [0.15, 0.2) is 0 Å². The highest BCUT2D eigenvalue weighted by Crippen LogP contribution is 2.25. The number of pyridine rings is 1. The molecule has 1 N–H and O–H groups in total. The van der Waals surface area contributed by atoms with Crippen LogP contribution in [0.2, 0.25) is 0 Å². The van der Waals surface area contributed by atoms with E-state index in [1.165, 1.54) is 17.7 Å². The Morgan fingerprint density at radius 1 is 1.19 bits per heavy atom. The number of thioether (sulfide) groups is 1. The van der Waals surface area contributed by atoms with Crippen LogP contribution in [-0.4, -0.2) is 17.3 Å². The maximum atomic E-state index is 12.9. The Balaban J connectivity index is 2.02. The molecular formula is C17H21FN2S. The number of hydrogen-bond acceptors (Lipinski definition) is 3. The van der Waals surface area contributed by atoms with E-state index in [2.05, 4.69) is 23.3 Å². The summed E-state index contributed by atoms with van der Waals surface area (Å²) in [5.41, 5.74) is 2.22. The van der Waals surface area contributed by atoms with Crippen molar-refractivity contribution in [3.8, 4) is 0 Å². The first kappa shape index (κ1) is 16.0. The predicted molar refractivity (Wildman–Crippen MR) is 87.1 cm³/mol. The Labute approximate surface area is 130 Å². The molecule has 4 heteroatoms. The fraction of sp³-hybridized carbons (Fsp3) is 0.353. The van der Waals surface area contributed by atoms with Gasteiger partial charge in [-0.3, -0.25) is 4.98 Å². The second-order valence-corrected chi connectivity index (χ2v) is 6.10. The van der Waals surface area contributed by atoms with Crippen LogP contribution < -0.4 is 5.32 Å². The summed E-state index contributed by atoms with van der Waals surface area (Å²) in [6, 6.07) is 11.1. The molecule has 0 aliphatic rings. The normalized spacial score (nSPS) is 12.3. The van der Waals surface area contributed by atoms with Gasteiger partial charge in [0.05, 0.1) is 0 Å². The highest BCUT2D eigenvalue weighted by molar-refractivity contribution is 7.99. The van der Waals surface area contributed by atoms with E-state index in [1.54, 1.807) is 11.8 Å². The number of benzene rings is 1. The third-order valence-electron chi connectivity index (χ3n) is 3.21. The lowest BCUT2D eigenvalue weighted by atomic mass is 10.1. The molecule has 0 saturated carbocycles. The average Bonchev–Trinajstić information content (AvgIpc) is 2.50. The van der Waals surface area contributed by atoms with E-state index in [0.29, 0.717) is 0 Å². The van der Waals surface area contributed by atoms with Crippen molar-refractivity contribution in [2.45, 2.75) is 31.2 Å². The van der Waals surface area contributed by atoms with Gasteiger partial charge in [0, 0.05) is 28.6 Å². The molecule has 1 heterocycles. The van der Waals surface area contributed by atoms with Crippen LogP contribution >= 0.6 is 11.8 Å². The van der Waals surface area contributed by atoms with Gasteiger partial charge in [-0.25, -0.2) is 4.39 Å². The molecule has 0 spiro atoms. The van der Waals surface area contributed by atoms with E-state index in [0.717, 1.165) is 29.3 Å². The van der Waals surface area contributed by atoms with Crippen molar-refractivity contribution < 1.29 is 4.39 Å². The van der Waals surface area contributed by atoms with E-state index < -0.39 is 0 Å². The summed E-state index contributed by atoms with van der Waals surface area (Å²) >= 11 is 1.73. The van der Waals surface area contributed by atoms with Crippen LogP contribution in [0.4, 0.5) is 4.39 Å². The van der Waals surface area contributed by atoms with Gasteiger partial charge in [-0.15, -0.1) is 11.8 Å². The number of halogens is 1. The molecule has 21 heavy (non-hydrogen) atoms. The number of aromatic nitrogens is 1. The molecular weight excluding hydrogens is 283 g/mol. The van der Waals surface area contributed by atoms with Crippen molar-refractivity contribution in [3.05, 3.63) is 59.7 Å². The SMILES string of the molecule is CCCNC(CSc1ccc(F)cc1)c1ccc(C)nc1. The van der Waals surface area contributed by atoms with Crippen molar-refractivity contribution in [2.24, 2.45) is 0 Å². The summed E-state index contributed by atoms with van der Waals surface area (Å²) in [6.45, 7) is 5.12. The van der Waals surface area contributed by atoms with Gasteiger partial charge in [0.1, 0.15) is 5.82 Å². The molecule has 0 bridgehead atoms. The van der Waals surface area contributed by atoms with Crippen LogP contribution in [0.3, 0.4) is 0 Å². The first-order valence-electron chi connectivity index (χ1n) is 7.23. The molecule has 0 amide bonds. The van der Waals surface area contributed by atoms with Gasteiger partial charge in [0.25, 0.3) is 0 Å². The van der Waals surface area contributed by atoms with Crippen LogP contribution in [0, 0.1) is 12.7 Å². The van der Waals surface area contributed by atoms with E-state index >= 15 is 0 Å². The van der Waals surface area contributed by atoms with E-state index in [1.807, 2.05) is 31.3 Å². The summed E-state index contributed by atoms with van der Waals surface area (Å²) in [4.78, 5) is 5.46. The minimum absolute atomic E-state index is 0.192. The second-order valence-electron chi connectivity index (χ2n) is 5.00. The zero-order valence-corrected chi connectivity index (χ0v) is 13.3. The zero-order chi connectivity index (χ0) is 15.1. The van der Waals surface area contributed by atoms with Crippen molar-refractivity contribution in [1.29, 1.82) is 0 Å². The molecule has 0 saturated heterocycles. The fourth-order valence-corrected chi connectivity index (χ4v) is 2.99. The smallest absolute Gasteiger partial charge is 0.123 e. The largest absolute Gasteiger partial charge is 0.309 e. The summed E-state index contributed by atoms with van der Waals surface area (Å²) in [6.07, 6.45) is 3.03. The Bertz CT molecular complexity index is 540. The second kappa shape index (κ2) is 8.15. The van der Waals surface area contributed by atoms with E-state index in [4.69, 9.17) is 0 Å².